The first-order valence-electron chi connectivity index (χ1n) is 7.05. The van der Waals surface area contributed by atoms with E-state index in [1.54, 1.807) is 31.4 Å². The molecule has 1 aromatic heterocycles. The number of pyridine rings is 1. The van der Waals surface area contributed by atoms with Gasteiger partial charge in [-0.1, -0.05) is 12.1 Å². The van der Waals surface area contributed by atoms with Crippen molar-refractivity contribution in [2.24, 2.45) is 0 Å². The highest BCUT2D eigenvalue weighted by atomic mass is 32.2. The normalized spacial score (nSPS) is 10.2. The SMILES string of the molecule is COc1cc(C(C)=O)ccc1SCC(=O)Nc1cccc(C)n1. The summed E-state index contributed by atoms with van der Waals surface area (Å²) in [7, 11) is 1.54. The maximum Gasteiger partial charge on any atom is 0.235 e. The fourth-order valence-corrected chi connectivity index (χ4v) is 2.75. The van der Waals surface area contributed by atoms with Crippen LogP contribution in [0.3, 0.4) is 0 Å². The van der Waals surface area contributed by atoms with Gasteiger partial charge in [0.15, 0.2) is 5.78 Å². The van der Waals surface area contributed by atoms with Gasteiger partial charge in [-0.25, -0.2) is 4.98 Å². The minimum Gasteiger partial charge on any atom is -0.496 e. The Hall–Kier alpha value is -2.34. The number of hydrogen-bond donors (Lipinski definition) is 1. The van der Waals surface area contributed by atoms with Crippen molar-refractivity contribution >= 4 is 29.3 Å². The Balaban J connectivity index is 2.00. The van der Waals surface area contributed by atoms with Crippen molar-refractivity contribution in [3.63, 3.8) is 0 Å². The number of Topliss-reactive ketones (excluding diaryl/α,β-unsaturated/α-hetero) is 1. The maximum atomic E-state index is 12.0. The van der Waals surface area contributed by atoms with Crippen LogP contribution in [0.5, 0.6) is 5.75 Å². The van der Waals surface area contributed by atoms with Crippen LogP contribution in [0.4, 0.5) is 5.82 Å². The summed E-state index contributed by atoms with van der Waals surface area (Å²) >= 11 is 1.35. The highest BCUT2D eigenvalue weighted by Crippen LogP contribution is 2.30. The number of ether oxygens (including phenoxy) is 1. The molecule has 120 valence electrons. The Bertz CT molecular complexity index is 732. The molecule has 0 aliphatic carbocycles. The second-order valence-corrected chi connectivity index (χ2v) is 5.94. The Morgan fingerprint density at radius 3 is 2.70 bits per heavy atom. The largest absolute Gasteiger partial charge is 0.496 e. The Kier molecular flexibility index (Phi) is 5.76. The van der Waals surface area contributed by atoms with E-state index in [-0.39, 0.29) is 17.4 Å². The molecule has 6 heteroatoms. The number of anilines is 1. The lowest BCUT2D eigenvalue weighted by Gasteiger charge is -2.09. The molecule has 0 fully saturated rings. The van der Waals surface area contributed by atoms with Gasteiger partial charge < -0.3 is 10.1 Å². The smallest absolute Gasteiger partial charge is 0.235 e. The molecule has 0 spiro atoms. The summed E-state index contributed by atoms with van der Waals surface area (Å²) in [6, 6.07) is 10.7. The number of aromatic nitrogens is 1. The molecule has 0 aliphatic heterocycles. The molecule has 1 aromatic carbocycles. The third kappa shape index (κ3) is 4.82. The summed E-state index contributed by atoms with van der Waals surface area (Å²) in [5, 5.41) is 2.75. The Morgan fingerprint density at radius 2 is 2.04 bits per heavy atom. The fraction of sp³-hybridized carbons (Fsp3) is 0.235. The number of nitrogens with zero attached hydrogens (tertiary/aromatic N) is 1. The summed E-state index contributed by atoms with van der Waals surface area (Å²) in [6.07, 6.45) is 0. The van der Waals surface area contributed by atoms with Crippen molar-refractivity contribution in [1.29, 1.82) is 0 Å². The Morgan fingerprint density at radius 1 is 1.26 bits per heavy atom. The van der Waals surface area contributed by atoms with Crippen molar-refractivity contribution in [2.45, 2.75) is 18.7 Å². The number of ketones is 1. The minimum absolute atomic E-state index is 0.0249. The molecule has 0 unspecified atom stereocenters. The van der Waals surface area contributed by atoms with Gasteiger partial charge in [0.25, 0.3) is 0 Å². The number of benzene rings is 1. The molecular formula is C17H18N2O3S. The van der Waals surface area contributed by atoms with Crippen molar-refractivity contribution < 1.29 is 14.3 Å². The number of nitrogens with one attached hydrogen (secondary N) is 1. The Labute approximate surface area is 139 Å². The maximum absolute atomic E-state index is 12.0. The summed E-state index contributed by atoms with van der Waals surface area (Å²) < 4.78 is 5.29. The summed E-state index contributed by atoms with van der Waals surface area (Å²) in [6.45, 7) is 3.37. The lowest BCUT2D eigenvalue weighted by molar-refractivity contribution is -0.113. The second-order valence-electron chi connectivity index (χ2n) is 4.92. The number of amides is 1. The van der Waals surface area contributed by atoms with Crippen LogP contribution in [0.15, 0.2) is 41.3 Å². The zero-order valence-electron chi connectivity index (χ0n) is 13.3. The first-order chi connectivity index (χ1) is 11.0. The molecule has 0 atom stereocenters. The van der Waals surface area contributed by atoms with Gasteiger partial charge in [-0.05, 0) is 38.1 Å². The zero-order chi connectivity index (χ0) is 16.8. The first kappa shape index (κ1) is 17.0. The van der Waals surface area contributed by atoms with Crippen molar-refractivity contribution in [2.75, 3.05) is 18.2 Å². The van der Waals surface area contributed by atoms with E-state index < -0.39 is 0 Å². The third-order valence-corrected chi connectivity index (χ3v) is 4.14. The molecule has 5 nitrogen and oxygen atoms in total. The summed E-state index contributed by atoms with van der Waals surface area (Å²) in [4.78, 5) is 28.4. The van der Waals surface area contributed by atoms with Crippen LogP contribution < -0.4 is 10.1 Å². The van der Waals surface area contributed by atoms with Gasteiger partial charge in [-0.15, -0.1) is 11.8 Å². The molecule has 2 aromatic rings. The molecule has 1 heterocycles. The van der Waals surface area contributed by atoms with E-state index in [0.717, 1.165) is 10.6 Å². The average Bonchev–Trinajstić information content (AvgIpc) is 2.52. The van der Waals surface area contributed by atoms with E-state index in [4.69, 9.17) is 4.74 Å². The van der Waals surface area contributed by atoms with Crippen LogP contribution >= 0.6 is 11.8 Å². The summed E-state index contributed by atoms with van der Waals surface area (Å²) in [5.41, 5.74) is 1.43. The van der Waals surface area contributed by atoms with Crippen molar-refractivity contribution in [1.82, 2.24) is 4.98 Å². The highest BCUT2D eigenvalue weighted by molar-refractivity contribution is 8.00. The van der Waals surface area contributed by atoms with Crippen LogP contribution in [0.25, 0.3) is 0 Å². The lowest BCUT2D eigenvalue weighted by atomic mass is 10.1. The van der Waals surface area contributed by atoms with Crippen molar-refractivity contribution in [3.8, 4) is 5.75 Å². The molecule has 2 rings (SSSR count). The molecule has 1 amide bonds. The zero-order valence-corrected chi connectivity index (χ0v) is 14.1. The van der Waals surface area contributed by atoms with Gasteiger partial charge in [0.1, 0.15) is 11.6 Å². The topological polar surface area (TPSA) is 68.3 Å². The van der Waals surface area contributed by atoms with Crippen molar-refractivity contribution in [3.05, 3.63) is 47.7 Å². The van der Waals surface area contributed by atoms with E-state index in [1.165, 1.54) is 18.7 Å². The van der Waals surface area contributed by atoms with E-state index in [2.05, 4.69) is 10.3 Å². The number of carbonyl (C=O) groups excluding carboxylic acids is 2. The number of methoxy groups -OCH3 is 1. The van der Waals surface area contributed by atoms with E-state index in [1.807, 2.05) is 19.1 Å². The van der Waals surface area contributed by atoms with Crippen LogP contribution in [-0.4, -0.2) is 29.5 Å². The standard InChI is InChI=1S/C17H18N2O3S/c1-11-5-4-6-16(18-11)19-17(21)10-23-15-8-7-13(12(2)20)9-14(15)22-3/h4-9H,10H2,1-3H3,(H,18,19,21). The highest BCUT2D eigenvalue weighted by Gasteiger charge is 2.10. The molecule has 0 saturated carbocycles. The number of hydrogen-bond acceptors (Lipinski definition) is 5. The number of carbonyl (C=O) groups is 2. The van der Waals surface area contributed by atoms with E-state index in [0.29, 0.717) is 17.1 Å². The third-order valence-electron chi connectivity index (χ3n) is 3.08. The number of thioether (sulfide) groups is 1. The van der Waals surface area contributed by atoms with Gasteiger partial charge in [-0.3, -0.25) is 9.59 Å². The van der Waals surface area contributed by atoms with Gasteiger partial charge in [-0.2, -0.15) is 0 Å². The first-order valence-corrected chi connectivity index (χ1v) is 8.03. The fourth-order valence-electron chi connectivity index (χ4n) is 1.94. The molecule has 0 radical (unpaired) electrons. The number of rotatable bonds is 6. The quantitative estimate of drug-likeness (QED) is 0.650. The minimum atomic E-state index is -0.147. The predicted molar refractivity (Wildman–Crippen MR) is 91.3 cm³/mol. The monoisotopic (exact) mass is 330 g/mol. The van der Waals surface area contributed by atoms with Crippen LogP contribution in [0.2, 0.25) is 0 Å². The molecule has 0 bridgehead atoms. The summed E-state index contributed by atoms with van der Waals surface area (Å²) in [5.74, 6) is 1.18. The average molecular weight is 330 g/mol. The number of aryl methyl sites for hydroxylation is 1. The second kappa shape index (κ2) is 7.78. The molecule has 1 N–H and O–H groups in total. The molecule has 0 saturated heterocycles. The van der Waals surface area contributed by atoms with E-state index in [9.17, 15) is 9.59 Å². The molecule has 0 aliphatic rings. The van der Waals surface area contributed by atoms with Gasteiger partial charge >= 0.3 is 0 Å². The van der Waals surface area contributed by atoms with Crippen LogP contribution in [0, 0.1) is 6.92 Å². The molecule has 23 heavy (non-hydrogen) atoms. The van der Waals surface area contributed by atoms with Gasteiger partial charge in [0.2, 0.25) is 5.91 Å². The van der Waals surface area contributed by atoms with Gasteiger partial charge in [0.05, 0.1) is 12.9 Å². The van der Waals surface area contributed by atoms with E-state index >= 15 is 0 Å². The van der Waals surface area contributed by atoms with Crippen LogP contribution in [-0.2, 0) is 4.79 Å². The lowest BCUT2D eigenvalue weighted by Crippen LogP contribution is -2.15. The molecular weight excluding hydrogens is 312 g/mol. The predicted octanol–water partition coefficient (Wildman–Crippen LogP) is 3.33. The van der Waals surface area contributed by atoms with Crippen LogP contribution in [0.1, 0.15) is 23.0 Å². The van der Waals surface area contributed by atoms with Gasteiger partial charge in [0, 0.05) is 16.2 Å².